The second-order valence-corrected chi connectivity index (χ2v) is 7.11. The minimum Gasteiger partial charge on any atom is -0.465 e. The van der Waals surface area contributed by atoms with Gasteiger partial charge in [-0.05, 0) is 25.2 Å². The van der Waals surface area contributed by atoms with Gasteiger partial charge in [0.05, 0.1) is 18.6 Å². The summed E-state index contributed by atoms with van der Waals surface area (Å²) in [5.41, 5.74) is -0.658. The highest BCUT2D eigenvalue weighted by Gasteiger charge is 2.44. The van der Waals surface area contributed by atoms with Crippen LogP contribution >= 0.6 is 0 Å². The Morgan fingerprint density at radius 2 is 1.47 bits per heavy atom. The minimum atomic E-state index is -0.450. The van der Waals surface area contributed by atoms with Crippen LogP contribution in [0.1, 0.15) is 61.3 Å². The van der Waals surface area contributed by atoms with Gasteiger partial charge in [-0.2, -0.15) is 0 Å². The normalized spacial score (nSPS) is 18.5. The molecular formula is C16H32O3. The lowest BCUT2D eigenvalue weighted by atomic mass is 9.66. The van der Waals surface area contributed by atoms with Crippen LogP contribution in [0.2, 0.25) is 0 Å². The fraction of sp³-hybridized carbons (Fsp3) is 0.938. The number of carbonyl (C=O) groups is 1. The molecule has 3 nitrogen and oxygen atoms in total. The van der Waals surface area contributed by atoms with Crippen LogP contribution < -0.4 is 0 Å². The third-order valence-electron chi connectivity index (χ3n) is 4.71. The Labute approximate surface area is 119 Å². The van der Waals surface area contributed by atoms with Crippen molar-refractivity contribution in [2.24, 2.45) is 16.2 Å². The Hall–Kier alpha value is -0.570. The number of ether oxygens (including phenoxy) is 2. The molecule has 0 rings (SSSR count). The summed E-state index contributed by atoms with van der Waals surface area (Å²) in [6, 6.07) is 0. The molecule has 114 valence electrons. The summed E-state index contributed by atoms with van der Waals surface area (Å²) in [4.78, 5) is 12.4. The van der Waals surface area contributed by atoms with Gasteiger partial charge in [-0.15, -0.1) is 0 Å². The Morgan fingerprint density at radius 3 is 1.79 bits per heavy atom. The van der Waals surface area contributed by atoms with Gasteiger partial charge in [-0.25, -0.2) is 0 Å². The average molecular weight is 272 g/mol. The van der Waals surface area contributed by atoms with Crippen LogP contribution in [0.3, 0.4) is 0 Å². The van der Waals surface area contributed by atoms with E-state index in [1.807, 2.05) is 13.8 Å². The molecular weight excluding hydrogens is 240 g/mol. The van der Waals surface area contributed by atoms with Gasteiger partial charge < -0.3 is 9.47 Å². The number of methoxy groups -OCH3 is 1. The Bertz CT molecular complexity index is 293. The van der Waals surface area contributed by atoms with Crippen molar-refractivity contribution in [3.05, 3.63) is 0 Å². The second-order valence-electron chi connectivity index (χ2n) is 7.11. The first-order valence-electron chi connectivity index (χ1n) is 7.22. The molecule has 0 saturated carbocycles. The van der Waals surface area contributed by atoms with Gasteiger partial charge in [0, 0.05) is 12.5 Å². The maximum atomic E-state index is 12.4. The van der Waals surface area contributed by atoms with Gasteiger partial charge in [0.15, 0.2) is 0 Å². The monoisotopic (exact) mass is 272 g/mol. The van der Waals surface area contributed by atoms with E-state index in [1.165, 1.54) is 0 Å². The summed E-state index contributed by atoms with van der Waals surface area (Å²) in [5.74, 6) is -0.0988. The molecule has 0 N–H and O–H groups in total. The van der Waals surface area contributed by atoms with Crippen molar-refractivity contribution in [2.45, 2.75) is 61.3 Å². The van der Waals surface area contributed by atoms with Gasteiger partial charge in [0.25, 0.3) is 0 Å². The van der Waals surface area contributed by atoms with E-state index < -0.39 is 5.41 Å². The molecule has 0 spiro atoms. The SMILES string of the molecule is CCC(C)(COC)COC(=O)C(C)(CC)C(C)(C)C. The summed E-state index contributed by atoms with van der Waals surface area (Å²) in [7, 11) is 1.68. The van der Waals surface area contributed by atoms with E-state index in [-0.39, 0.29) is 16.8 Å². The quantitative estimate of drug-likeness (QED) is 0.656. The van der Waals surface area contributed by atoms with E-state index in [0.717, 1.165) is 12.8 Å². The van der Waals surface area contributed by atoms with Crippen molar-refractivity contribution >= 4 is 5.97 Å². The van der Waals surface area contributed by atoms with E-state index in [0.29, 0.717) is 13.2 Å². The molecule has 0 aliphatic carbocycles. The van der Waals surface area contributed by atoms with Crippen LogP contribution in [-0.4, -0.2) is 26.3 Å². The number of esters is 1. The van der Waals surface area contributed by atoms with Gasteiger partial charge >= 0.3 is 5.97 Å². The molecule has 0 radical (unpaired) electrons. The molecule has 0 aliphatic rings. The average Bonchev–Trinajstić information content (AvgIpc) is 2.33. The summed E-state index contributed by atoms with van der Waals surface area (Å²) in [6.45, 7) is 15.5. The summed E-state index contributed by atoms with van der Waals surface area (Å²) >= 11 is 0. The van der Waals surface area contributed by atoms with Crippen LogP contribution in [0.25, 0.3) is 0 Å². The molecule has 0 aliphatic heterocycles. The zero-order valence-electron chi connectivity index (χ0n) is 14.1. The lowest BCUT2D eigenvalue weighted by Gasteiger charge is -2.39. The van der Waals surface area contributed by atoms with E-state index in [4.69, 9.17) is 9.47 Å². The van der Waals surface area contributed by atoms with Crippen LogP contribution in [-0.2, 0) is 14.3 Å². The third-order valence-corrected chi connectivity index (χ3v) is 4.71. The molecule has 0 bridgehead atoms. The molecule has 2 atom stereocenters. The Balaban J connectivity index is 4.78. The highest BCUT2D eigenvalue weighted by molar-refractivity contribution is 5.77. The Morgan fingerprint density at radius 1 is 0.947 bits per heavy atom. The smallest absolute Gasteiger partial charge is 0.312 e. The van der Waals surface area contributed by atoms with E-state index in [9.17, 15) is 4.79 Å². The zero-order valence-corrected chi connectivity index (χ0v) is 14.1. The first-order chi connectivity index (χ1) is 8.56. The molecule has 3 heteroatoms. The fourth-order valence-corrected chi connectivity index (χ4v) is 1.97. The van der Waals surface area contributed by atoms with Crippen LogP contribution in [0.5, 0.6) is 0 Å². The van der Waals surface area contributed by atoms with Crippen molar-refractivity contribution in [1.29, 1.82) is 0 Å². The fourth-order valence-electron chi connectivity index (χ4n) is 1.97. The van der Waals surface area contributed by atoms with Crippen molar-refractivity contribution in [1.82, 2.24) is 0 Å². The molecule has 0 aromatic carbocycles. The Kier molecular flexibility index (Phi) is 6.53. The number of hydrogen-bond acceptors (Lipinski definition) is 3. The second kappa shape index (κ2) is 6.74. The number of rotatable bonds is 7. The molecule has 19 heavy (non-hydrogen) atoms. The zero-order chi connectivity index (χ0) is 15.3. The molecule has 0 aromatic heterocycles. The van der Waals surface area contributed by atoms with Crippen LogP contribution in [0.15, 0.2) is 0 Å². The molecule has 2 unspecified atom stereocenters. The first-order valence-corrected chi connectivity index (χ1v) is 7.22. The lowest BCUT2D eigenvalue weighted by Crippen LogP contribution is -2.42. The third kappa shape index (κ3) is 4.48. The standard InChI is InChI=1S/C16H32O3/c1-9-15(6,11-18-8)12-19-13(17)16(7,10-2)14(3,4)5/h9-12H2,1-8H3. The minimum absolute atomic E-state index is 0.0988. The van der Waals surface area contributed by atoms with Gasteiger partial charge in [0.1, 0.15) is 0 Å². The van der Waals surface area contributed by atoms with E-state index >= 15 is 0 Å². The number of hydrogen-bond donors (Lipinski definition) is 0. The van der Waals surface area contributed by atoms with E-state index in [2.05, 4.69) is 34.6 Å². The molecule has 0 aromatic rings. The highest BCUT2D eigenvalue weighted by Crippen LogP contribution is 2.42. The van der Waals surface area contributed by atoms with Gasteiger partial charge in [-0.1, -0.05) is 41.5 Å². The van der Waals surface area contributed by atoms with Crippen molar-refractivity contribution < 1.29 is 14.3 Å². The highest BCUT2D eigenvalue weighted by atomic mass is 16.5. The van der Waals surface area contributed by atoms with Crippen molar-refractivity contribution in [3.63, 3.8) is 0 Å². The first kappa shape index (κ1) is 18.4. The lowest BCUT2D eigenvalue weighted by molar-refractivity contribution is -0.166. The van der Waals surface area contributed by atoms with Crippen molar-refractivity contribution in [2.75, 3.05) is 20.3 Å². The number of carbonyl (C=O) groups excluding carboxylic acids is 1. The molecule has 0 amide bonds. The van der Waals surface area contributed by atoms with Crippen molar-refractivity contribution in [3.8, 4) is 0 Å². The predicted molar refractivity (Wildman–Crippen MR) is 79.1 cm³/mol. The maximum absolute atomic E-state index is 12.4. The van der Waals surface area contributed by atoms with Gasteiger partial charge in [0.2, 0.25) is 0 Å². The summed E-state index contributed by atoms with van der Waals surface area (Å²) in [6.07, 6.45) is 1.70. The summed E-state index contributed by atoms with van der Waals surface area (Å²) < 4.78 is 10.8. The maximum Gasteiger partial charge on any atom is 0.312 e. The molecule has 0 fully saturated rings. The molecule has 0 heterocycles. The van der Waals surface area contributed by atoms with Crippen LogP contribution in [0.4, 0.5) is 0 Å². The topological polar surface area (TPSA) is 35.5 Å². The largest absolute Gasteiger partial charge is 0.465 e. The predicted octanol–water partition coefficient (Wildman–Crippen LogP) is 4.05. The molecule has 0 saturated heterocycles. The van der Waals surface area contributed by atoms with Gasteiger partial charge in [-0.3, -0.25) is 4.79 Å². The summed E-state index contributed by atoms with van der Waals surface area (Å²) in [5, 5.41) is 0. The van der Waals surface area contributed by atoms with E-state index in [1.54, 1.807) is 7.11 Å². The van der Waals surface area contributed by atoms with Crippen LogP contribution in [0, 0.1) is 16.2 Å².